The first-order valence-electron chi connectivity index (χ1n) is 13.7. The van der Waals surface area contributed by atoms with Gasteiger partial charge in [-0.2, -0.15) is 0 Å². The summed E-state index contributed by atoms with van der Waals surface area (Å²) >= 11 is 0. The molecule has 1 fully saturated rings. The van der Waals surface area contributed by atoms with Gasteiger partial charge in [0.05, 0.1) is 26.2 Å². The number of anilines is 1. The number of nitrogens with zero attached hydrogens (tertiary/aromatic N) is 3. The third-order valence-corrected chi connectivity index (χ3v) is 8.57. The van der Waals surface area contributed by atoms with E-state index in [4.69, 9.17) is 9.47 Å². The lowest BCUT2D eigenvalue weighted by Gasteiger charge is -2.48. The molecule has 7 heteroatoms. The summed E-state index contributed by atoms with van der Waals surface area (Å²) in [6.45, 7) is 6.86. The molecule has 0 spiro atoms. The highest BCUT2D eigenvalue weighted by atomic mass is 16.5. The molecule has 3 aromatic rings. The van der Waals surface area contributed by atoms with Crippen molar-refractivity contribution in [2.75, 3.05) is 45.3 Å². The van der Waals surface area contributed by atoms with Crippen LogP contribution in [0.5, 0.6) is 11.5 Å². The van der Waals surface area contributed by atoms with E-state index in [9.17, 15) is 9.59 Å². The van der Waals surface area contributed by atoms with Crippen molar-refractivity contribution in [1.29, 1.82) is 0 Å². The highest BCUT2D eigenvalue weighted by molar-refractivity contribution is 6.02. The summed E-state index contributed by atoms with van der Waals surface area (Å²) in [5.74, 6) is 0.478. The van der Waals surface area contributed by atoms with Crippen molar-refractivity contribution in [2.45, 2.75) is 38.3 Å². The van der Waals surface area contributed by atoms with Gasteiger partial charge in [-0.05, 0) is 66.8 Å². The van der Waals surface area contributed by atoms with E-state index in [1.807, 2.05) is 28.0 Å². The largest absolute Gasteiger partial charge is 0.493 e. The molecule has 0 saturated carbocycles. The van der Waals surface area contributed by atoms with Gasteiger partial charge < -0.3 is 24.2 Å². The van der Waals surface area contributed by atoms with Gasteiger partial charge in [0.1, 0.15) is 0 Å². The molecule has 39 heavy (non-hydrogen) atoms. The van der Waals surface area contributed by atoms with E-state index >= 15 is 0 Å². The van der Waals surface area contributed by atoms with Crippen LogP contribution in [0.1, 0.15) is 51.5 Å². The Morgan fingerprint density at radius 1 is 0.872 bits per heavy atom. The predicted octanol–water partition coefficient (Wildman–Crippen LogP) is 4.59. The van der Waals surface area contributed by atoms with E-state index < -0.39 is 5.92 Å². The second-order valence-corrected chi connectivity index (χ2v) is 10.8. The van der Waals surface area contributed by atoms with Gasteiger partial charge in [0.15, 0.2) is 11.5 Å². The number of hydrogen-bond acceptors (Lipinski definition) is 5. The normalized spacial score (nSPS) is 22.1. The molecule has 0 unspecified atom stereocenters. The number of aryl methyl sites for hydroxylation is 1. The van der Waals surface area contributed by atoms with Gasteiger partial charge in [-0.3, -0.25) is 9.59 Å². The minimum absolute atomic E-state index is 0.0541. The van der Waals surface area contributed by atoms with Crippen molar-refractivity contribution in [3.05, 3.63) is 88.5 Å². The molecule has 0 bridgehead atoms. The molecule has 3 atom stereocenters. The average Bonchev–Trinajstić information content (AvgIpc) is 2.96. The Morgan fingerprint density at radius 2 is 1.64 bits per heavy atom. The topological polar surface area (TPSA) is 62.3 Å². The number of hydrogen-bond donors (Lipinski definition) is 0. The van der Waals surface area contributed by atoms with E-state index in [1.54, 1.807) is 20.3 Å². The number of piperazine rings is 1. The number of carbonyl (C=O) groups excluding carboxylic acids is 2. The molecule has 6 rings (SSSR count). The first kappa shape index (κ1) is 25.3. The fourth-order valence-corrected chi connectivity index (χ4v) is 6.66. The zero-order valence-corrected chi connectivity index (χ0v) is 23.0. The van der Waals surface area contributed by atoms with Crippen LogP contribution >= 0.6 is 0 Å². The van der Waals surface area contributed by atoms with E-state index in [1.165, 1.54) is 16.8 Å². The summed E-state index contributed by atoms with van der Waals surface area (Å²) in [4.78, 5) is 34.7. The first-order valence-corrected chi connectivity index (χ1v) is 13.7. The predicted molar refractivity (Wildman–Crippen MR) is 151 cm³/mol. The molecule has 0 aromatic heterocycles. The Hall–Kier alpha value is -4.00. The lowest BCUT2D eigenvalue weighted by Crippen LogP contribution is -2.57. The zero-order chi connectivity index (χ0) is 27.3. The van der Waals surface area contributed by atoms with Crippen LogP contribution in [0.4, 0.5) is 5.69 Å². The quantitative estimate of drug-likeness (QED) is 0.499. The summed E-state index contributed by atoms with van der Waals surface area (Å²) < 4.78 is 11.2. The standard InChI is InChI=1S/C32H35N3O4/c1-20-8-7-10-23(16-20)34-15-14-33(19-21(34)2)32(37)29-25-17-27(38-3)28(39-4)18-26(25)31(36)35-13-12-22-9-5-6-11-24(22)30(29)35/h5-11,16-18,21,29-30H,12-15,19H2,1-4H3/t21-,29-,30+/m0/s1. The maximum Gasteiger partial charge on any atom is 0.254 e. The Kier molecular flexibility index (Phi) is 6.45. The molecule has 2 amide bonds. The number of benzene rings is 3. The van der Waals surface area contributed by atoms with E-state index in [0.717, 1.165) is 24.1 Å². The summed E-state index contributed by atoms with van der Waals surface area (Å²) in [7, 11) is 3.15. The molecule has 1 saturated heterocycles. The third kappa shape index (κ3) is 4.20. The molecular weight excluding hydrogens is 490 g/mol. The number of amides is 2. The van der Waals surface area contributed by atoms with Crippen LogP contribution in [0.25, 0.3) is 0 Å². The maximum absolute atomic E-state index is 14.6. The highest BCUT2D eigenvalue weighted by Gasteiger charge is 2.48. The number of ether oxygens (including phenoxy) is 2. The van der Waals surface area contributed by atoms with Crippen molar-refractivity contribution in [3.8, 4) is 11.5 Å². The molecule has 3 aliphatic rings. The SMILES string of the molecule is COc1cc2c(cc1OC)[C@H](C(=O)N1CCN(c3cccc(C)c3)[C@@H](C)C1)[C@H]1c3ccccc3CCN1C2=O. The van der Waals surface area contributed by atoms with Gasteiger partial charge in [0.25, 0.3) is 5.91 Å². The molecule has 3 heterocycles. The lowest BCUT2D eigenvalue weighted by atomic mass is 9.75. The first-order chi connectivity index (χ1) is 18.9. The minimum Gasteiger partial charge on any atom is -0.493 e. The van der Waals surface area contributed by atoms with Crippen LogP contribution < -0.4 is 14.4 Å². The Balaban J connectivity index is 1.41. The van der Waals surface area contributed by atoms with Gasteiger partial charge >= 0.3 is 0 Å². The molecule has 3 aliphatic heterocycles. The van der Waals surface area contributed by atoms with Crippen LogP contribution in [-0.2, 0) is 11.2 Å². The molecule has 0 radical (unpaired) electrons. The van der Waals surface area contributed by atoms with Gasteiger partial charge in [-0.15, -0.1) is 0 Å². The maximum atomic E-state index is 14.6. The van der Waals surface area contributed by atoms with Gasteiger partial charge in [-0.1, -0.05) is 36.4 Å². The van der Waals surface area contributed by atoms with Crippen LogP contribution in [-0.4, -0.2) is 68.1 Å². The Morgan fingerprint density at radius 3 is 2.38 bits per heavy atom. The summed E-state index contributed by atoms with van der Waals surface area (Å²) in [6, 6.07) is 20.1. The molecule has 202 valence electrons. The van der Waals surface area contributed by atoms with E-state index in [2.05, 4.69) is 55.1 Å². The van der Waals surface area contributed by atoms with Crippen molar-refractivity contribution >= 4 is 17.5 Å². The molecule has 3 aromatic carbocycles. The lowest BCUT2D eigenvalue weighted by molar-refractivity contribution is -0.135. The highest BCUT2D eigenvalue weighted by Crippen LogP contribution is 2.49. The molecule has 0 N–H and O–H groups in total. The number of fused-ring (bicyclic) bond motifs is 4. The molecule has 7 nitrogen and oxygen atoms in total. The summed E-state index contributed by atoms with van der Waals surface area (Å²) in [6.07, 6.45) is 0.772. The van der Waals surface area contributed by atoms with E-state index in [0.29, 0.717) is 36.7 Å². The van der Waals surface area contributed by atoms with Crippen LogP contribution in [0.3, 0.4) is 0 Å². The zero-order valence-electron chi connectivity index (χ0n) is 23.0. The number of rotatable bonds is 4. The fourth-order valence-electron chi connectivity index (χ4n) is 6.66. The summed E-state index contributed by atoms with van der Waals surface area (Å²) in [5, 5.41) is 0. The smallest absolute Gasteiger partial charge is 0.254 e. The van der Waals surface area contributed by atoms with Crippen molar-refractivity contribution in [1.82, 2.24) is 9.80 Å². The number of carbonyl (C=O) groups is 2. The number of methoxy groups -OCH3 is 2. The van der Waals surface area contributed by atoms with Gasteiger partial charge in [0.2, 0.25) is 5.91 Å². The van der Waals surface area contributed by atoms with Crippen LogP contribution in [0.2, 0.25) is 0 Å². The monoisotopic (exact) mass is 525 g/mol. The van der Waals surface area contributed by atoms with Gasteiger partial charge in [-0.25, -0.2) is 0 Å². The van der Waals surface area contributed by atoms with Crippen LogP contribution in [0, 0.1) is 6.92 Å². The van der Waals surface area contributed by atoms with E-state index in [-0.39, 0.29) is 23.9 Å². The third-order valence-electron chi connectivity index (χ3n) is 8.57. The Bertz CT molecular complexity index is 1440. The summed E-state index contributed by atoms with van der Waals surface area (Å²) in [5.41, 5.74) is 5.91. The fraction of sp³-hybridized carbons (Fsp3) is 0.375. The molecular formula is C32H35N3O4. The average molecular weight is 526 g/mol. The second kappa shape index (κ2) is 9.95. The molecule has 0 aliphatic carbocycles. The van der Waals surface area contributed by atoms with Crippen molar-refractivity contribution in [2.24, 2.45) is 0 Å². The van der Waals surface area contributed by atoms with Crippen molar-refractivity contribution in [3.63, 3.8) is 0 Å². The van der Waals surface area contributed by atoms with Gasteiger partial charge in [0, 0.05) is 43.5 Å². The minimum atomic E-state index is -0.531. The Labute approximate surface area is 229 Å². The second-order valence-electron chi connectivity index (χ2n) is 10.8. The van der Waals surface area contributed by atoms with Crippen molar-refractivity contribution < 1.29 is 19.1 Å². The van der Waals surface area contributed by atoms with Crippen LogP contribution in [0.15, 0.2) is 60.7 Å².